The molecule has 0 saturated carbocycles. The van der Waals surface area contributed by atoms with Crippen molar-refractivity contribution in [3.8, 4) is 0 Å². The van der Waals surface area contributed by atoms with Gasteiger partial charge in [0, 0.05) is 32.0 Å². The molecule has 1 atom stereocenters. The third-order valence-electron chi connectivity index (χ3n) is 1.76. The third-order valence-corrected chi connectivity index (χ3v) is 1.76. The Morgan fingerprint density at radius 3 is 3.00 bits per heavy atom. The SMILES string of the molecule is CC(CN)NC(=O)c1nccn1C. The highest BCUT2D eigenvalue weighted by molar-refractivity contribution is 5.90. The zero-order valence-electron chi connectivity index (χ0n) is 7.82. The summed E-state index contributed by atoms with van der Waals surface area (Å²) in [5, 5.41) is 2.73. The maximum Gasteiger partial charge on any atom is 0.287 e. The second-order valence-corrected chi connectivity index (χ2v) is 2.97. The molecule has 0 saturated heterocycles. The van der Waals surface area contributed by atoms with Gasteiger partial charge >= 0.3 is 0 Å². The average molecular weight is 182 g/mol. The molecule has 1 aromatic rings. The molecule has 13 heavy (non-hydrogen) atoms. The molecule has 0 bridgehead atoms. The monoisotopic (exact) mass is 182 g/mol. The number of nitrogens with zero attached hydrogens (tertiary/aromatic N) is 2. The molecular formula is C8H14N4O. The van der Waals surface area contributed by atoms with E-state index in [1.165, 1.54) is 0 Å². The van der Waals surface area contributed by atoms with Crippen LogP contribution in [0, 0.1) is 0 Å². The van der Waals surface area contributed by atoms with Crippen molar-refractivity contribution in [2.45, 2.75) is 13.0 Å². The summed E-state index contributed by atoms with van der Waals surface area (Å²) in [5.41, 5.74) is 5.37. The van der Waals surface area contributed by atoms with Crippen molar-refractivity contribution in [3.05, 3.63) is 18.2 Å². The molecule has 0 radical (unpaired) electrons. The molecule has 1 heterocycles. The molecule has 1 amide bonds. The fourth-order valence-electron chi connectivity index (χ4n) is 0.932. The summed E-state index contributed by atoms with van der Waals surface area (Å²) >= 11 is 0. The molecule has 0 fully saturated rings. The van der Waals surface area contributed by atoms with Gasteiger partial charge in [-0.2, -0.15) is 0 Å². The van der Waals surface area contributed by atoms with Crippen LogP contribution in [0.2, 0.25) is 0 Å². The first-order valence-electron chi connectivity index (χ1n) is 4.13. The first-order chi connectivity index (χ1) is 6.15. The zero-order valence-corrected chi connectivity index (χ0v) is 7.82. The van der Waals surface area contributed by atoms with Gasteiger partial charge in [0.05, 0.1) is 0 Å². The second-order valence-electron chi connectivity index (χ2n) is 2.97. The number of hydrogen-bond donors (Lipinski definition) is 2. The number of carbonyl (C=O) groups is 1. The van der Waals surface area contributed by atoms with Gasteiger partial charge in [0.25, 0.3) is 5.91 Å². The Labute approximate surface area is 76.9 Å². The van der Waals surface area contributed by atoms with Crippen LogP contribution < -0.4 is 11.1 Å². The number of nitrogens with two attached hydrogens (primary N) is 1. The van der Waals surface area contributed by atoms with Gasteiger partial charge < -0.3 is 15.6 Å². The standard InChI is InChI=1S/C8H14N4O/c1-6(5-9)11-8(13)7-10-3-4-12(7)2/h3-4,6H,5,9H2,1-2H3,(H,11,13). The van der Waals surface area contributed by atoms with Crippen LogP contribution in [0.3, 0.4) is 0 Å². The lowest BCUT2D eigenvalue weighted by molar-refractivity contribution is 0.0927. The highest BCUT2D eigenvalue weighted by Gasteiger charge is 2.12. The molecule has 1 unspecified atom stereocenters. The minimum absolute atomic E-state index is 0.0239. The van der Waals surface area contributed by atoms with Crippen molar-refractivity contribution in [2.24, 2.45) is 12.8 Å². The van der Waals surface area contributed by atoms with Crippen molar-refractivity contribution in [1.29, 1.82) is 0 Å². The molecule has 5 heteroatoms. The molecule has 0 aliphatic heterocycles. The molecular weight excluding hydrogens is 168 g/mol. The highest BCUT2D eigenvalue weighted by Crippen LogP contribution is 1.94. The van der Waals surface area contributed by atoms with E-state index in [2.05, 4.69) is 10.3 Å². The lowest BCUT2D eigenvalue weighted by Crippen LogP contribution is -2.38. The number of hydrogen-bond acceptors (Lipinski definition) is 3. The number of aryl methyl sites for hydroxylation is 1. The Bertz CT molecular complexity index is 294. The maximum absolute atomic E-state index is 11.4. The van der Waals surface area contributed by atoms with Gasteiger partial charge in [-0.05, 0) is 6.92 Å². The van der Waals surface area contributed by atoms with Crippen molar-refractivity contribution < 1.29 is 4.79 Å². The van der Waals surface area contributed by atoms with Gasteiger partial charge in [-0.15, -0.1) is 0 Å². The Morgan fingerprint density at radius 1 is 1.85 bits per heavy atom. The Morgan fingerprint density at radius 2 is 2.54 bits per heavy atom. The van der Waals surface area contributed by atoms with E-state index in [0.29, 0.717) is 12.4 Å². The topological polar surface area (TPSA) is 72.9 Å². The number of nitrogens with one attached hydrogen (secondary N) is 1. The van der Waals surface area contributed by atoms with Crippen LogP contribution in [0.4, 0.5) is 0 Å². The van der Waals surface area contributed by atoms with Crippen LogP contribution in [0.1, 0.15) is 17.5 Å². The molecule has 72 valence electrons. The highest BCUT2D eigenvalue weighted by atomic mass is 16.2. The quantitative estimate of drug-likeness (QED) is 0.661. The third kappa shape index (κ3) is 2.29. The van der Waals surface area contributed by atoms with Crippen LogP contribution in [-0.2, 0) is 7.05 Å². The van der Waals surface area contributed by atoms with E-state index in [4.69, 9.17) is 5.73 Å². The maximum atomic E-state index is 11.4. The molecule has 3 N–H and O–H groups in total. The number of aromatic nitrogens is 2. The first kappa shape index (κ1) is 9.73. The molecule has 0 spiro atoms. The van der Waals surface area contributed by atoms with Gasteiger partial charge in [-0.3, -0.25) is 4.79 Å². The average Bonchev–Trinajstić information content (AvgIpc) is 2.51. The number of imidazole rings is 1. The minimum Gasteiger partial charge on any atom is -0.346 e. The summed E-state index contributed by atoms with van der Waals surface area (Å²) in [5.74, 6) is 0.214. The van der Waals surface area contributed by atoms with Crippen LogP contribution in [0.15, 0.2) is 12.4 Å². The van der Waals surface area contributed by atoms with Crippen LogP contribution in [0.25, 0.3) is 0 Å². The van der Waals surface area contributed by atoms with Crippen molar-refractivity contribution in [2.75, 3.05) is 6.54 Å². The summed E-state index contributed by atoms with van der Waals surface area (Å²) in [6.07, 6.45) is 3.31. The predicted octanol–water partition coefficient (Wildman–Crippen LogP) is -0.503. The normalized spacial score (nSPS) is 12.5. The fraction of sp³-hybridized carbons (Fsp3) is 0.500. The van der Waals surface area contributed by atoms with E-state index in [9.17, 15) is 4.79 Å². The largest absolute Gasteiger partial charge is 0.346 e. The minimum atomic E-state index is -0.189. The number of carbonyl (C=O) groups excluding carboxylic acids is 1. The molecule has 0 aliphatic carbocycles. The molecule has 5 nitrogen and oxygen atoms in total. The van der Waals surface area contributed by atoms with E-state index in [0.717, 1.165) is 0 Å². The molecule has 0 aliphatic rings. The molecule has 1 aromatic heterocycles. The van der Waals surface area contributed by atoms with Gasteiger partial charge in [0.1, 0.15) is 0 Å². The number of amides is 1. The summed E-state index contributed by atoms with van der Waals surface area (Å²) in [6, 6.07) is -0.0239. The fourth-order valence-corrected chi connectivity index (χ4v) is 0.932. The summed E-state index contributed by atoms with van der Waals surface area (Å²) < 4.78 is 1.67. The lowest BCUT2D eigenvalue weighted by Gasteiger charge is -2.10. The van der Waals surface area contributed by atoms with Gasteiger partial charge in [-0.1, -0.05) is 0 Å². The molecule has 1 rings (SSSR count). The summed E-state index contributed by atoms with van der Waals surface area (Å²) in [6.45, 7) is 2.27. The van der Waals surface area contributed by atoms with Crippen LogP contribution in [-0.4, -0.2) is 28.0 Å². The van der Waals surface area contributed by atoms with Gasteiger partial charge in [0.2, 0.25) is 0 Å². The van der Waals surface area contributed by atoms with Crippen molar-refractivity contribution in [1.82, 2.24) is 14.9 Å². The second kappa shape index (κ2) is 4.04. The Hall–Kier alpha value is -1.36. The first-order valence-corrected chi connectivity index (χ1v) is 4.13. The van der Waals surface area contributed by atoms with Gasteiger partial charge in [0.15, 0.2) is 5.82 Å². The van der Waals surface area contributed by atoms with E-state index in [1.807, 2.05) is 6.92 Å². The molecule has 0 aromatic carbocycles. The number of rotatable bonds is 3. The van der Waals surface area contributed by atoms with Crippen LogP contribution in [0.5, 0.6) is 0 Å². The van der Waals surface area contributed by atoms with E-state index in [1.54, 1.807) is 24.0 Å². The smallest absolute Gasteiger partial charge is 0.287 e. The van der Waals surface area contributed by atoms with E-state index in [-0.39, 0.29) is 11.9 Å². The summed E-state index contributed by atoms with van der Waals surface area (Å²) in [4.78, 5) is 15.4. The lowest BCUT2D eigenvalue weighted by atomic mass is 10.3. The van der Waals surface area contributed by atoms with E-state index < -0.39 is 0 Å². The predicted molar refractivity (Wildman–Crippen MR) is 49.2 cm³/mol. The van der Waals surface area contributed by atoms with Crippen molar-refractivity contribution in [3.63, 3.8) is 0 Å². The summed E-state index contributed by atoms with van der Waals surface area (Å²) in [7, 11) is 1.77. The Balaban J connectivity index is 2.64. The zero-order chi connectivity index (χ0) is 9.84. The van der Waals surface area contributed by atoms with E-state index >= 15 is 0 Å². The Kier molecular flexibility index (Phi) is 3.02. The van der Waals surface area contributed by atoms with Gasteiger partial charge in [-0.25, -0.2) is 4.98 Å². The van der Waals surface area contributed by atoms with Crippen LogP contribution >= 0.6 is 0 Å². The van der Waals surface area contributed by atoms with Crippen molar-refractivity contribution >= 4 is 5.91 Å².